The predicted octanol–water partition coefficient (Wildman–Crippen LogP) is 6.99. The van der Waals surface area contributed by atoms with Gasteiger partial charge < -0.3 is 19.7 Å². The van der Waals surface area contributed by atoms with Crippen LogP contribution in [-0.4, -0.2) is 35.7 Å². The van der Waals surface area contributed by atoms with Crippen molar-refractivity contribution in [2.24, 2.45) is 9.98 Å². The summed E-state index contributed by atoms with van der Waals surface area (Å²) in [7, 11) is 3.37. The number of nitrogens with zero attached hydrogens (tertiary/aromatic N) is 5. The van der Waals surface area contributed by atoms with E-state index < -0.39 is 0 Å². The fourth-order valence-corrected chi connectivity index (χ4v) is 5.57. The summed E-state index contributed by atoms with van der Waals surface area (Å²) in [5.74, 6) is 3.61. The fourth-order valence-electron chi connectivity index (χ4n) is 5.57. The number of aromatic nitrogens is 2. The van der Waals surface area contributed by atoms with Crippen LogP contribution in [0.5, 0.6) is 11.5 Å². The summed E-state index contributed by atoms with van der Waals surface area (Å²) in [6.45, 7) is 2.04. The van der Waals surface area contributed by atoms with E-state index in [0.717, 1.165) is 56.9 Å². The van der Waals surface area contributed by atoms with Gasteiger partial charge in [0.1, 0.15) is 11.5 Å². The van der Waals surface area contributed by atoms with Crippen LogP contribution in [0.1, 0.15) is 22.9 Å². The molecule has 8 heteroatoms. The van der Waals surface area contributed by atoms with Gasteiger partial charge in [-0.3, -0.25) is 0 Å². The fraction of sp³-hybridized carbons (Fsp3) is 0.121. The maximum atomic E-state index is 5.91. The summed E-state index contributed by atoms with van der Waals surface area (Å²) in [6.07, 6.45) is 0. The van der Waals surface area contributed by atoms with Crippen LogP contribution in [0.2, 0.25) is 0 Å². The van der Waals surface area contributed by atoms with Crippen LogP contribution in [0, 0.1) is 6.92 Å². The molecule has 1 aromatic heterocycles. The first-order valence-electron chi connectivity index (χ1n) is 13.4. The largest absolute Gasteiger partial charge is 0.497 e. The van der Waals surface area contributed by atoms with E-state index in [9.17, 15) is 0 Å². The first kappa shape index (κ1) is 24.7. The van der Waals surface area contributed by atoms with Gasteiger partial charge in [-0.05, 0) is 49.4 Å². The van der Waals surface area contributed by atoms with Gasteiger partial charge in [0.25, 0.3) is 0 Å². The van der Waals surface area contributed by atoms with Crippen molar-refractivity contribution in [1.82, 2.24) is 9.78 Å². The Kier molecular flexibility index (Phi) is 6.00. The number of benzene rings is 4. The van der Waals surface area contributed by atoms with Gasteiger partial charge in [-0.15, -0.1) is 0 Å². The molecule has 0 radical (unpaired) electrons. The number of para-hydroxylation sites is 4. The maximum Gasteiger partial charge on any atom is 0.179 e. The number of methoxy groups -OCH3 is 2. The molecule has 5 aromatic rings. The molecule has 4 aromatic carbocycles. The van der Waals surface area contributed by atoms with Gasteiger partial charge in [-0.2, -0.15) is 5.10 Å². The molecule has 0 bridgehead atoms. The number of amidine groups is 2. The molecule has 8 nitrogen and oxygen atoms in total. The molecule has 0 spiro atoms. The number of fused-ring (bicyclic) bond motifs is 4. The van der Waals surface area contributed by atoms with Crippen molar-refractivity contribution >= 4 is 34.6 Å². The van der Waals surface area contributed by atoms with Crippen molar-refractivity contribution in [3.63, 3.8) is 0 Å². The lowest BCUT2D eigenvalue weighted by atomic mass is 9.92. The predicted molar refractivity (Wildman–Crippen MR) is 163 cm³/mol. The standard InChI is InChI=1S/C33H28N6O2/c1-21-29-30(25-16-7-10-19-28(25)41-3)38-27-18-9-8-17-26(27)35-31(34-22-12-11-15-24(20-22)40-2)33(38)36-32(29)39(37-21)23-13-5-4-6-14-23/h4-20,30H,1-3H3,(H,34,35)/t30-/m1/s1. The highest BCUT2D eigenvalue weighted by Gasteiger charge is 2.42. The molecule has 41 heavy (non-hydrogen) atoms. The first-order valence-corrected chi connectivity index (χ1v) is 13.4. The molecular weight excluding hydrogens is 512 g/mol. The SMILES string of the molecule is COc1cccc(NC2=Nc3ccccc3N3C2=Nc2c(c(C)nn2-c2ccccc2)[C@H]3c2ccccc2OC)c1. The lowest BCUT2D eigenvalue weighted by molar-refractivity contribution is 0.407. The third-order valence-electron chi connectivity index (χ3n) is 7.41. The third-order valence-corrected chi connectivity index (χ3v) is 7.41. The van der Waals surface area contributed by atoms with Gasteiger partial charge in [-0.1, -0.05) is 54.6 Å². The van der Waals surface area contributed by atoms with E-state index in [1.807, 2.05) is 103 Å². The van der Waals surface area contributed by atoms with E-state index >= 15 is 0 Å². The second kappa shape index (κ2) is 9.98. The molecule has 3 heterocycles. The summed E-state index contributed by atoms with van der Waals surface area (Å²) in [6, 6.07) is 33.9. The minimum Gasteiger partial charge on any atom is -0.497 e. The van der Waals surface area contributed by atoms with Crippen LogP contribution in [0.3, 0.4) is 0 Å². The summed E-state index contributed by atoms with van der Waals surface area (Å²) in [5, 5.41) is 8.53. The molecule has 0 fully saturated rings. The highest BCUT2D eigenvalue weighted by molar-refractivity contribution is 6.51. The van der Waals surface area contributed by atoms with E-state index in [0.29, 0.717) is 11.7 Å². The van der Waals surface area contributed by atoms with Crippen molar-refractivity contribution < 1.29 is 9.47 Å². The highest BCUT2D eigenvalue weighted by Crippen LogP contribution is 2.49. The number of anilines is 2. The maximum absolute atomic E-state index is 5.91. The second-order valence-electron chi connectivity index (χ2n) is 9.83. The summed E-state index contributed by atoms with van der Waals surface area (Å²) < 4.78 is 13.3. The number of aliphatic imine (C=N–C) groups is 2. The molecule has 0 amide bonds. The molecule has 7 rings (SSSR count). The normalized spacial score (nSPS) is 15.2. The van der Waals surface area contributed by atoms with Crippen molar-refractivity contribution in [3.8, 4) is 17.2 Å². The van der Waals surface area contributed by atoms with Gasteiger partial charge in [0.05, 0.1) is 43.0 Å². The summed E-state index contributed by atoms with van der Waals surface area (Å²) in [5.41, 5.74) is 6.49. The van der Waals surface area contributed by atoms with E-state index in [2.05, 4.69) is 22.3 Å². The summed E-state index contributed by atoms with van der Waals surface area (Å²) in [4.78, 5) is 12.6. The Morgan fingerprint density at radius 3 is 2.39 bits per heavy atom. The lowest BCUT2D eigenvalue weighted by Gasteiger charge is -2.41. The lowest BCUT2D eigenvalue weighted by Crippen LogP contribution is -2.46. The molecule has 1 atom stereocenters. The number of hydrogen-bond acceptors (Lipinski definition) is 7. The van der Waals surface area contributed by atoms with Crippen molar-refractivity contribution in [3.05, 3.63) is 120 Å². The van der Waals surface area contributed by atoms with E-state index in [1.54, 1.807) is 14.2 Å². The first-order chi connectivity index (χ1) is 20.2. The molecule has 0 saturated carbocycles. The minimum atomic E-state index is -0.273. The number of nitrogens with one attached hydrogen (secondary N) is 1. The van der Waals surface area contributed by atoms with Crippen LogP contribution in [0.4, 0.5) is 22.9 Å². The monoisotopic (exact) mass is 540 g/mol. The Labute approximate surface area is 238 Å². The van der Waals surface area contributed by atoms with E-state index in [-0.39, 0.29) is 6.04 Å². The van der Waals surface area contributed by atoms with Crippen LogP contribution in [0.15, 0.2) is 113 Å². The Morgan fingerprint density at radius 2 is 1.56 bits per heavy atom. The number of aryl methyl sites for hydroxylation is 1. The molecule has 0 unspecified atom stereocenters. The zero-order chi connectivity index (χ0) is 27.9. The second-order valence-corrected chi connectivity index (χ2v) is 9.83. The summed E-state index contributed by atoms with van der Waals surface area (Å²) >= 11 is 0. The van der Waals surface area contributed by atoms with Crippen LogP contribution >= 0.6 is 0 Å². The average Bonchev–Trinajstić information content (AvgIpc) is 3.36. The molecule has 0 aliphatic carbocycles. The zero-order valence-corrected chi connectivity index (χ0v) is 22.9. The zero-order valence-electron chi connectivity index (χ0n) is 22.9. The molecule has 202 valence electrons. The Balaban J connectivity index is 1.50. The van der Waals surface area contributed by atoms with Gasteiger partial charge in [-0.25, -0.2) is 14.7 Å². The van der Waals surface area contributed by atoms with Crippen molar-refractivity contribution in [2.45, 2.75) is 13.0 Å². The van der Waals surface area contributed by atoms with Crippen LogP contribution in [-0.2, 0) is 0 Å². The Hall–Kier alpha value is -5.37. The topological polar surface area (TPSA) is 76.3 Å². The molecule has 1 N–H and O–H groups in total. The van der Waals surface area contributed by atoms with Gasteiger partial charge in [0.15, 0.2) is 17.5 Å². The van der Waals surface area contributed by atoms with Gasteiger partial charge >= 0.3 is 0 Å². The average molecular weight is 541 g/mol. The number of ether oxygens (including phenoxy) is 2. The Bertz CT molecular complexity index is 1830. The minimum absolute atomic E-state index is 0.273. The molecular formula is C33H28N6O2. The van der Waals surface area contributed by atoms with Crippen LogP contribution in [0.25, 0.3) is 5.69 Å². The Morgan fingerprint density at radius 1 is 0.780 bits per heavy atom. The van der Waals surface area contributed by atoms with Crippen molar-refractivity contribution in [2.75, 3.05) is 24.4 Å². The third kappa shape index (κ3) is 4.12. The van der Waals surface area contributed by atoms with E-state index in [4.69, 9.17) is 24.6 Å². The molecule has 2 aliphatic heterocycles. The van der Waals surface area contributed by atoms with Gasteiger partial charge in [0.2, 0.25) is 0 Å². The molecule has 0 saturated heterocycles. The smallest absolute Gasteiger partial charge is 0.179 e. The van der Waals surface area contributed by atoms with Crippen molar-refractivity contribution in [1.29, 1.82) is 0 Å². The number of rotatable bonds is 5. The van der Waals surface area contributed by atoms with Gasteiger partial charge in [0, 0.05) is 22.9 Å². The molecule has 2 aliphatic rings. The number of hydrogen-bond donors (Lipinski definition) is 1. The highest BCUT2D eigenvalue weighted by atomic mass is 16.5. The van der Waals surface area contributed by atoms with Crippen LogP contribution < -0.4 is 19.7 Å². The quantitative estimate of drug-likeness (QED) is 0.260. The van der Waals surface area contributed by atoms with E-state index in [1.165, 1.54) is 0 Å².